The minimum Gasteiger partial charge on any atom is -0.462 e. The summed E-state index contributed by atoms with van der Waals surface area (Å²) >= 11 is 0. The molecule has 0 aliphatic rings. The molecule has 0 spiro atoms. The van der Waals surface area contributed by atoms with Gasteiger partial charge in [0.1, 0.15) is 0 Å². The van der Waals surface area contributed by atoms with Gasteiger partial charge in [-0.15, -0.1) is 0 Å². The summed E-state index contributed by atoms with van der Waals surface area (Å²) in [5.41, 5.74) is 1.90. The van der Waals surface area contributed by atoms with Gasteiger partial charge in [-0.3, -0.25) is 14.6 Å². The highest BCUT2D eigenvalue weighted by Gasteiger charge is 2.14. The minimum absolute atomic E-state index is 0.169. The van der Waals surface area contributed by atoms with E-state index in [1.807, 2.05) is 6.07 Å². The van der Waals surface area contributed by atoms with Gasteiger partial charge in [-0.2, -0.15) is 5.10 Å². The van der Waals surface area contributed by atoms with E-state index in [0.717, 1.165) is 5.56 Å². The number of nitrogens with one attached hydrogen (secondary N) is 1. The Hall–Kier alpha value is -3.81. The van der Waals surface area contributed by atoms with Crippen LogP contribution < -0.4 is 10.9 Å². The average molecular weight is 406 g/mol. The van der Waals surface area contributed by atoms with Gasteiger partial charge in [0.15, 0.2) is 0 Å². The van der Waals surface area contributed by atoms with Crippen LogP contribution in [0.2, 0.25) is 0 Å². The lowest BCUT2D eigenvalue weighted by molar-refractivity contribution is -0.116. The summed E-state index contributed by atoms with van der Waals surface area (Å²) in [5, 5.41) is 7.08. The number of carbonyl (C=O) groups excluding carboxylic acids is 2. The second-order valence-corrected chi connectivity index (χ2v) is 6.44. The van der Waals surface area contributed by atoms with E-state index >= 15 is 0 Å². The highest BCUT2D eigenvalue weighted by atomic mass is 16.5. The van der Waals surface area contributed by atoms with Crippen LogP contribution in [0, 0.1) is 0 Å². The van der Waals surface area contributed by atoms with Crippen LogP contribution in [0.5, 0.6) is 0 Å². The molecule has 0 aliphatic carbocycles. The molecule has 8 heteroatoms. The van der Waals surface area contributed by atoms with Gasteiger partial charge in [-0.05, 0) is 43.7 Å². The molecule has 0 aliphatic heterocycles. The number of hydrogen-bond donors (Lipinski definition) is 1. The molecule has 2 aromatic heterocycles. The second kappa shape index (κ2) is 10.1. The smallest absolute Gasteiger partial charge is 0.340 e. The Balaban J connectivity index is 1.61. The maximum Gasteiger partial charge on any atom is 0.340 e. The maximum absolute atomic E-state index is 12.3. The third-order valence-electron chi connectivity index (χ3n) is 4.29. The third-order valence-corrected chi connectivity index (χ3v) is 4.29. The molecule has 154 valence electrons. The van der Waals surface area contributed by atoms with Gasteiger partial charge in [0.25, 0.3) is 5.56 Å². The number of esters is 1. The molecule has 1 N–H and O–H groups in total. The molecular formula is C22H22N4O4. The number of nitrogens with zero attached hydrogens (tertiary/aromatic N) is 3. The number of carbonyl (C=O) groups is 2. The summed E-state index contributed by atoms with van der Waals surface area (Å²) in [6.45, 7) is 2.26. The van der Waals surface area contributed by atoms with Crippen molar-refractivity contribution in [2.45, 2.75) is 26.3 Å². The number of amides is 1. The summed E-state index contributed by atoms with van der Waals surface area (Å²) in [5.74, 6) is -0.750. The van der Waals surface area contributed by atoms with Crippen LogP contribution in [0.25, 0.3) is 11.3 Å². The predicted molar refractivity (Wildman–Crippen MR) is 112 cm³/mol. The van der Waals surface area contributed by atoms with Crippen molar-refractivity contribution in [2.24, 2.45) is 0 Å². The van der Waals surface area contributed by atoms with Crippen LogP contribution in [-0.2, 0) is 16.1 Å². The van der Waals surface area contributed by atoms with Crippen molar-refractivity contribution < 1.29 is 14.3 Å². The summed E-state index contributed by atoms with van der Waals surface area (Å²) in [7, 11) is 0. The minimum atomic E-state index is -0.489. The summed E-state index contributed by atoms with van der Waals surface area (Å²) in [6.07, 6.45) is 3.92. The lowest BCUT2D eigenvalue weighted by atomic mass is 10.1. The molecule has 0 unspecified atom stereocenters. The Morgan fingerprint density at radius 3 is 2.70 bits per heavy atom. The number of aryl methyl sites for hydroxylation is 1. The van der Waals surface area contributed by atoms with Crippen molar-refractivity contribution >= 4 is 17.6 Å². The molecule has 2 heterocycles. The molecule has 0 saturated heterocycles. The molecule has 30 heavy (non-hydrogen) atoms. The topological polar surface area (TPSA) is 103 Å². The molecular weight excluding hydrogens is 384 g/mol. The maximum atomic E-state index is 12.3. The standard InChI is InChI=1S/C22H22N4O4/c1-2-30-22(29)17-8-3-4-9-19(17)24-20(27)10-6-14-26-21(28)12-11-18(25-26)16-7-5-13-23-15-16/h3-5,7-9,11-13,15H,2,6,10,14H2,1H3,(H,24,27). The Bertz CT molecular complexity index is 1080. The Labute approximate surface area is 173 Å². The molecule has 8 nitrogen and oxygen atoms in total. The highest BCUT2D eigenvalue weighted by molar-refractivity contribution is 6.01. The first-order chi connectivity index (χ1) is 14.6. The number of para-hydroxylation sites is 1. The third kappa shape index (κ3) is 5.38. The number of rotatable bonds is 8. The molecule has 1 aromatic carbocycles. The van der Waals surface area contributed by atoms with Crippen LogP contribution in [0.4, 0.5) is 5.69 Å². The van der Waals surface area contributed by atoms with Crippen molar-refractivity contribution in [1.29, 1.82) is 0 Å². The number of anilines is 1. The predicted octanol–water partition coefficient (Wildman–Crippen LogP) is 2.90. The van der Waals surface area contributed by atoms with Crippen LogP contribution in [0.15, 0.2) is 65.7 Å². The van der Waals surface area contributed by atoms with E-state index in [-0.39, 0.29) is 24.5 Å². The monoisotopic (exact) mass is 406 g/mol. The zero-order valence-corrected chi connectivity index (χ0v) is 16.6. The molecule has 0 saturated carbocycles. The first-order valence-electron chi connectivity index (χ1n) is 9.63. The van der Waals surface area contributed by atoms with E-state index in [2.05, 4.69) is 15.4 Å². The van der Waals surface area contributed by atoms with Crippen LogP contribution in [0.3, 0.4) is 0 Å². The zero-order chi connectivity index (χ0) is 21.3. The van der Waals surface area contributed by atoms with Crippen LogP contribution >= 0.6 is 0 Å². The molecule has 3 rings (SSSR count). The fraction of sp³-hybridized carbons (Fsp3) is 0.227. The van der Waals surface area contributed by atoms with E-state index in [1.54, 1.807) is 55.7 Å². The van der Waals surface area contributed by atoms with Crippen molar-refractivity contribution in [2.75, 3.05) is 11.9 Å². The zero-order valence-electron chi connectivity index (χ0n) is 16.6. The van der Waals surface area contributed by atoms with Gasteiger partial charge in [0.2, 0.25) is 5.91 Å². The second-order valence-electron chi connectivity index (χ2n) is 6.44. The number of benzene rings is 1. The molecule has 0 bridgehead atoms. The lowest BCUT2D eigenvalue weighted by Crippen LogP contribution is -2.23. The Morgan fingerprint density at radius 2 is 1.93 bits per heavy atom. The lowest BCUT2D eigenvalue weighted by Gasteiger charge is -2.11. The van der Waals surface area contributed by atoms with Gasteiger partial charge in [-0.25, -0.2) is 9.48 Å². The number of aromatic nitrogens is 3. The van der Waals surface area contributed by atoms with Gasteiger partial charge in [0.05, 0.1) is 23.6 Å². The fourth-order valence-corrected chi connectivity index (χ4v) is 2.86. The van der Waals surface area contributed by atoms with E-state index in [9.17, 15) is 14.4 Å². The van der Waals surface area contributed by atoms with Crippen molar-refractivity contribution in [1.82, 2.24) is 14.8 Å². The molecule has 0 fully saturated rings. The quantitative estimate of drug-likeness (QED) is 0.577. The average Bonchev–Trinajstić information content (AvgIpc) is 2.76. The van der Waals surface area contributed by atoms with Gasteiger partial charge in [0, 0.05) is 37.0 Å². The van der Waals surface area contributed by atoms with E-state index in [0.29, 0.717) is 29.9 Å². The Kier molecular flexibility index (Phi) is 7.05. The SMILES string of the molecule is CCOC(=O)c1ccccc1NC(=O)CCCn1nc(-c2cccnc2)ccc1=O. The van der Waals surface area contributed by atoms with E-state index in [1.165, 1.54) is 10.7 Å². The van der Waals surface area contributed by atoms with Crippen molar-refractivity contribution in [3.8, 4) is 11.3 Å². The van der Waals surface area contributed by atoms with E-state index < -0.39 is 5.97 Å². The first-order valence-corrected chi connectivity index (χ1v) is 9.63. The summed E-state index contributed by atoms with van der Waals surface area (Å²) in [4.78, 5) is 40.5. The number of hydrogen-bond acceptors (Lipinski definition) is 6. The van der Waals surface area contributed by atoms with Crippen LogP contribution in [0.1, 0.15) is 30.1 Å². The molecule has 0 radical (unpaired) electrons. The van der Waals surface area contributed by atoms with E-state index in [4.69, 9.17) is 4.74 Å². The summed E-state index contributed by atoms with van der Waals surface area (Å²) < 4.78 is 6.34. The fourth-order valence-electron chi connectivity index (χ4n) is 2.86. The van der Waals surface area contributed by atoms with Gasteiger partial charge >= 0.3 is 5.97 Å². The number of ether oxygens (including phenoxy) is 1. The number of pyridine rings is 1. The first kappa shape index (κ1) is 20.9. The Morgan fingerprint density at radius 1 is 1.10 bits per heavy atom. The molecule has 3 aromatic rings. The highest BCUT2D eigenvalue weighted by Crippen LogP contribution is 2.17. The molecule has 1 amide bonds. The molecule has 0 atom stereocenters. The van der Waals surface area contributed by atoms with Gasteiger partial charge < -0.3 is 10.1 Å². The van der Waals surface area contributed by atoms with Gasteiger partial charge in [-0.1, -0.05) is 12.1 Å². The largest absolute Gasteiger partial charge is 0.462 e. The van der Waals surface area contributed by atoms with Crippen LogP contribution in [-0.4, -0.2) is 33.2 Å². The van der Waals surface area contributed by atoms with Crippen molar-refractivity contribution in [3.05, 3.63) is 76.8 Å². The van der Waals surface area contributed by atoms with Crippen molar-refractivity contribution in [3.63, 3.8) is 0 Å². The normalized spacial score (nSPS) is 10.4. The summed E-state index contributed by atoms with van der Waals surface area (Å²) in [6, 6.07) is 13.4.